The second kappa shape index (κ2) is 8.15. The molecule has 1 atom stereocenters. The molecule has 2 bridgehead atoms. The van der Waals surface area contributed by atoms with Gasteiger partial charge in [0.2, 0.25) is 6.23 Å². The van der Waals surface area contributed by atoms with E-state index in [1.165, 1.54) is 12.2 Å². The largest absolute Gasteiger partial charge is 0.491 e. The molecule has 0 saturated carbocycles. The molecule has 168 valence electrons. The van der Waals surface area contributed by atoms with Crippen molar-refractivity contribution in [3.8, 4) is 0 Å². The molecule has 0 aromatic heterocycles. The van der Waals surface area contributed by atoms with Crippen molar-refractivity contribution in [3.63, 3.8) is 0 Å². The third-order valence-electron chi connectivity index (χ3n) is 5.08. The van der Waals surface area contributed by atoms with E-state index in [-0.39, 0.29) is 29.0 Å². The molecule has 8 nitrogen and oxygen atoms in total. The molecule has 2 aliphatic heterocycles. The number of alkyl halides is 3. The monoisotopic (exact) mass is 448 g/mol. The van der Waals surface area contributed by atoms with E-state index in [2.05, 4.69) is 16.1 Å². The van der Waals surface area contributed by atoms with Crippen molar-refractivity contribution in [2.75, 3.05) is 11.9 Å². The van der Waals surface area contributed by atoms with Crippen LogP contribution in [0.1, 0.15) is 18.9 Å². The number of hydrazine groups is 1. The molecular weight excluding hydrogens is 429 g/mol. The number of amides is 1. The summed E-state index contributed by atoms with van der Waals surface area (Å²) in [5.74, 6) is -3.33. The summed E-state index contributed by atoms with van der Waals surface area (Å²) in [4.78, 5) is 36.3. The second-order valence-electron chi connectivity index (χ2n) is 7.28. The van der Waals surface area contributed by atoms with Gasteiger partial charge in [0.25, 0.3) is 5.91 Å². The molecule has 1 amide bonds. The number of halogens is 3. The Bertz CT molecular complexity index is 1070. The van der Waals surface area contributed by atoms with Crippen molar-refractivity contribution < 1.29 is 32.3 Å². The number of hydrogen-bond acceptors (Lipinski definition) is 7. The van der Waals surface area contributed by atoms with E-state index in [1.807, 2.05) is 19.1 Å². The number of hydrogen-bond donors (Lipinski definition) is 3. The van der Waals surface area contributed by atoms with Crippen LogP contribution in [-0.2, 0) is 25.7 Å². The van der Waals surface area contributed by atoms with Crippen molar-refractivity contribution in [1.82, 2.24) is 15.8 Å². The van der Waals surface area contributed by atoms with Crippen LogP contribution in [0.15, 0.2) is 59.0 Å². The lowest BCUT2D eigenvalue weighted by Crippen LogP contribution is -2.52. The zero-order chi connectivity index (χ0) is 23.0. The van der Waals surface area contributed by atoms with E-state index in [0.717, 1.165) is 17.1 Å². The maximum absolute atomic E-state index is 12.9. The molecule has 4 rings (SSSR count). The molecule has 3 N–H and O–H groups in total. The fourth-order valence-corrected chi connectivity index (χ4v) is 3.62. The van der Waals surface area contributed by atoms with Gasteiger partial charge >= 0.3 is 12.1 Å². The van der Waals surface area contributed by atoms with Gasteiger partial charge in [-0.1, -0.05) is 25.1 Å². The summed E-state index contributed by atoms with van der Waals surface area (Å²) < 4.78 is 43.3. The third kappa shape index (κ3) is 3.98. The summed E-state index contributed by atoms with van der Waals surface area (Å²) in [5, 5.41) is 7.11. The number of nitrogens with zero attached hydrogens (tertiary/aromatic N) is 1. The van der Waals surface area contributed by atoms with E-state index >= 15 is 0 Å². The Morgan fingerprint density at radius 2 is 1.97 bits per heavy atom. The van der Waals surface area contributed by atoms with Gasteiger partial charge in [0.05, 0.1) is 11.3 Å². The van der Waals surface area contributed by atoms with Crippen LogP contribution in [0.4, 0.5) is 18.9 Å². The van der Waals surface area contributed by atoms with Crippen LogP contribution in [0.5, 0.6) is 0 Å². The van der Waals surface area contributed by atoms with E-state index in [0.29, 0.717) is 17.9 Å². The fraction of sp³-hybridized carbons (Fsp3) is 0.286. The second-order valence-corrected chi connectivity index (χ2v) is 7.28. The number of carbonyl (C=O) groups is 3. The number of esters is 1. The molecule has 0 spiro atoms. The molecular formula is C21H19F3N4O4. The number of rotatable bonds is 6. The molecule has 11 heteroatoms. The molecule has 32 heavy (non-hydrogen) atoms. The smallest absolute Gasteiger partial charge is 0.429 e. The van der Waals surface area contributed by atoms with E-state index in [9.17, 15) is 27.6 Å². The molecule has 1 fully saturated rings. The van der Waals surface area contributed by atoms with Crippen LogP contribution >= 0.6 is 0 Å². The van der Waals surface area contributed by atoms with Gasteiger partial charge in [0.15, 0.2) is 5.78 Å². The van der Waals surface area contributed by atoms with Crippen molar-refractivity contribution in [3.05, 3.63) is 64.5 Å². The van der Waals surface area contributed by atoms with Crippen LogP contribution in [0.25, 0.3) is 0 Å². The minimum Gasteiger partial charge on any atom is -0.429 e. The molecule has 1 aliphatic carbocycles. The van der Waals surface area contributed by atoms with Crippen molar-refractivity contribution >= 4 is 23.3 Å². The normalized spacial score (nSPS) is 19.9. The number of anilines is 1. The predicted octanol–water partition coefficient (Wildman–Crippen LogP) is 2.04. The minimum absolute atomic E-state index is 0.00837. The van der Waals surface area contributed by atoms with Crippen LogP contribution < -0.4 is 16.1 Å². The Hall–Kier alpha value is -3.60. The number of ether oxygens (including phenoxy) is 1. The molecule has 1 unspecified atom stereocenters. The Balaban J connectivity index is 1.72. The van der Waals surface area contributed by atoms with E-state index in [4.69, 9.17) is 4.74 Å². The lowest BCUT2D eigenvalue weighted by molar-refractivity contribution is -0.209. The van der Waals surface area contributed by atoms with E-state index < -0.39 is 24.3 Å². The molecule has 2 heterocycles. The highest BCUT2D eigenvalue weighted by Crippen LogP contribution is 2.43. The molecule has 0 radical (unpaired) electrons. The summed E-state index contributed by atoms with van der Waals surface area (Å²) in [5.41, 5.74) is 4.34. The molecule has 1 aromatic rings. The lowest BCUT2D eigenvalue weighted by atomic mass is 9.97. The Kier molecular flexibility index (Phi) is 5.51. The Labute approximate surface area is 180 Å². The first-order valence-corrected chi connectivity index (χ1v) is 9.83. The van der Waals surface area contributed by atoms with Gasteiger partial charge in [-0.3, -0.25) is 15.0 Å². The SMILES string of the molecule is CCNCc1ccc(NC2=C3C4=CC(=O)CC=C4N(NC2=O)C3OC(=O)C(F)(F)F)cc1. The van der Waals surface area contributed by atoms with Crippen molar-refractivity contribution in [2.24, 2.45) is 0 Å². The number of fused-ring (bicyclic) bond motifs is 5. The number of ketones is 1. The molecule has 1 aromatic carbocycles. The molecule has 1 saturated heterocycles. The summed E-state index contributed by atoms with van der Waals surface area (Å²) in [6.07, 6.45) is -4.07. The fourth-order valence-electron chi connectivity index (χ4n) is 3.62. The first-order valence-electron chi connectivity index (χ1n) is 9.83. The Morgan fingerprint density at radius 3 is 2.62 bits per heavy atom. The van der Waals surface area contributed by atoms with Crippen molar-refractivity contribution in [1.29, 1.82) is 0 Å². The summed E-state index contributed by atoms with van der Waals surface area (Å²) >= 11 is 0. The Morgan fingerprint density at radius 1 is 1.25 bits per heavy atom. The first kappa shape index (κ1) is 21.6. The predicted molar refractivity (Wildman–Crippen MR) is 106 cm³/mol. The number of allylic oxidation sites excluding steroid dienone is 3. The summed E-state index contributed by atoms with van der Waals surface area (Å²) in [6.45, 7) is 3.43. The maximum Gasteiger partial charge on any atom is 0.491 e. The highest BCUT2D eigenvalue weighted by Gasteiger charge is 2.51. The zero-order valence-corrected chi connectivity index (χ0v) is 16.9. The topological polar surface area (TPSA) is 99.8 Å². The summed E-state index contributed by atoms with van der Waals surface area (Å²) in [7, 11) is 0. The van der Waals surface area contributed by atoms with Gasteiger partial charge in [0, 0.05) is 24.2 Å². The number of nitrogens with one attached hydrogen (secondary N) is 3. The van der Waals surface area contributed by atoms with E-state index in [1.54, 1.807) is 12.1 Å². The van der Waals surface area contributed by atoms with Crippen molar-refractivity contribution in [2.45, 2.75) is 32.3 Å². The van der Waals surface area contributed by atoms with Gasteiger partial charge in [-0.05, 0) is 30.3 Å². The van der Waals surface area contributed by atoms with Gasteiger partial charge in [-0.15, -0.1) is 0 Å². The zero-order valence-electron chi connectivity index (χ0n) is 16.9. The summed E-state index contributed by atoms with van der Waals surface area (Å²) in [6, 6.07) is 7.08. The number of benzene rings is 1. The standard InChI is InChI=1S/C21H19F3N4O4/c1-2-25-10-11-3-5-12(6-4-11)26-17-16-14-9-13(29)7-8-15(14)28(27-18(17)30)19(16)32-20(31)21(22,23)24/h3-6,8-9,19,25-26H,2,7,10H2,1H3,(H,27,30). The molecule has 3 aliphatic rings. The number of carbonyl (C=O) groups excluding carboxylic acids is 3. The first-order chi connectivity index (χ1) is 15.2. The minimum atomic E-state index is -5.22. The van der Waals surface area contributed by atoms with Gasteiger partial charge in [-0.2, -0.15) is 13.2 Å². The third-order valence-corrected chi connectivity index (χ3v) is 5.08. The van der Waals surface area contributed by atoms with Crippen LogP contribution in [0.2, 0.25) is 0 Å². The van der Waals surface area contributed by atoms with Crippen LogP contribution in [0.3, 0.4) is 0 Å². The van der Waals surface area contributed by atoms with Crippen LogP contribution in [0, 0.1) is 0 Å². The quantitative estimate of drug-likeness (QED) is 0.573. The highest BCUT2D eigenvalue weighted by molar-refractivity contribution is 6.03. The highest BCUT2D eigenvalue weighted by atomic mass is 19.4. The average molecular weight is 448 g/mol. The van der Waals surface area contributed by atoms with Gasteiger partial charge in [0.1, 0.15) is 5.70 Å². The van der Waals surface area contributed by atoms with Gasteiger partial charge < -0.3 is 15.4 Å². The maximum atomic E-state index is 12.9. The lowest BCUT2D eigenvalue weighted by Gasteiger charge is -2.32. The average Bonchev–Trinajstić information content (AvgIpc) is 2.95. The van der Waals surface area contributed by atoms with Crippen LogP contribution in [-0.4, -0.2) is 41.6 Å². The van der Waals surface area contributed by atoms with Gasteiger partial charge in [-0.25, -0.2) is 9.80 Å².